The van der Waals surface area contributed by atoms with Crippen LogP contribution in [0.5, 0.6) is 0 Å². The third-order valence-corrected chi connectivity index (χ3v) is 4.86. The van der Waals surface area contributed by atoms with Gasteiger partial charge in [0, 0.05) is 6.54 Å². The molecule has 0 bridgehead atoms. The second kappa shape index (κ2) is 6.98. The van der Waals surface area contributed by atoms with Gasteiger partial charge in [0.1, 0.15) is 5.82 Å². The normalized spacial score (nSPS) is 15.5. The predicted molar refractivity (Wildman–Crippen MR) is 89.0 cm³/mol. The molecular weight excluding hydrogens is 331 g/mol. The highest BCUT2D eigenvalue weighted by molar-refractivity contribution is 7.90. The minimum Gasteiger partial charge on any atom is -0.343 e. The van der Waals surface area contributed by atoms with Gasteiger partial charge in [0.15, 0.2) is 0 Å². The van der Waals surface area contributed by atoms with Crippen LogP contribution in [0.2, 0.25) is 0 Å². The number of sulfonamides is 1. The molecule has 126 valence electrons. The lowest BCUT2D eigenvalue weighted by atomic mass is 10.2. The van der Waals surface area contributed by atoms with Crippen LogP contribution in [0.1, 0.15) is 5.56 Å². The number of nitrogens with zero attached hydrogens (tertiary/aromatic N) is 2. The molecule has 1 aliphatic heterocycles. The third-order valence-electron chi connectivity index (χ3n) is 3.50. The van der Waals surface area contributed by atoms with E-state index in [0.29, 0.717) is 13.3 Å². The van der Waals surface area contributed by atoms with Crippen LogP contribution in [0.4, 0.5) is 4.39 Å². The summed E-state index contributed by atoms with van der Waals surface area (Å²) in [6.45, 7) is 1.57. The Morgan fingerprint density at radius 1 is 1.12 bits per heavy atom. The molecule has 0 fully saturated rings. The number of guanidine groups is 1. The molecule has 0 unspecified atom stereocenters. The van der Waals surface area contributed by atoms with Crippen molar-refractivity contribution in [3.05, 3.63) is 66.0 Å². The molecule has 3 rings (SSSR count). The summed E-state index contributed by atoms with van der Waals surface area (Å²) >= 11 is 0. The SMILES string of the molecule is O=S(=O)(NC1=NCN(Cc2ccccc2)CN1)c1ccc(F)cc1. The topological polar surface area (TPSA) is 73.8 Å². The minimum absolute atomic E-state index is 0.0138. The predicted octanol–water partition coefficient (Wildman–Crippen LogP) is 1.48. The van der Waals surface area contributed by atoms with Crippen molar-refractivity contribution in [1.29, 1.82) is 0 Å². The van der Waals surface area contributed by atoms with Crippen LogP contribution in [0.3, 0.4) is 0 Å². The van der Waals surface area contributed by atoms with Crippen molar-refractivity contribution < 1.29 is 12.8 Å². The van der Waals surface area contributed by atoms with Gasteiger partial charge < -0.3 is 5.32 Å². The first kappa shape index (κ1) is 16.4. The highest BCUT2D eigenvalue weighted by Gasteiger charge is 2.19. The molecule has 24 heavy (non-hydrogen) atoms. The fourth-order valence-corrected chi connectivity index (χ4v) is 3.28. The van der Waals surface area contributed by atoms with Gasteiger partial charge in [-0.15, -0.1) is 0 Å². The quantitative estimate of drug-likeness (QED) is 0.878. The summed E-state index contributed by atoms with van der Waals surface area (Å²) in [6, 6.07) is 14.6. The fraction of sp³-hybridized carbons (Fsp3) is 0.188. The number of rotatable bonds is 4. The molecule has 2 aromatic carbocycles. The number of hydrogen-bond donors (Lipinski definition) is 2. The van der Waals surface area contributed by atoms with E-state index in [1.54, 1.807) is 0 Å². The zero-order valence-electron chi connectivity index (χ0n) is 12.8. The van der Waals surface area contributed by atoms with E-state index in [9.17, 15) is 12.8 Å². The van der Waals surface area contributed by atoms with Crippen molar-refractivity contribution in [2.24, 2.45) is 4.99 Å². The average Bonchev–Trinajstić information content (AvgIpc) is 2.58. The lowest BCUT2D eigenvalue weighted by Crippen LogP contribution is -2.49. The molecule has 2 N–H and O–H groups in total. The van der Waals surface area contributed by atoms with E-state index >= 15 is 0 Å². The monoisotopic (exact) mass is 348 g/mol. The van der Waals surface area contributed by atoms with Crippen molar-refractivity contribution >= 4 is 16.0 Å². The Balaban J connectivity index is 1.62. The smallest absolute Gasteiger partial charge is 0.264 e. The van der Waals surface area contributed by atoms with Gasteiger partial charge in [-0.3, -0.25) is 4.90 Å². The first-order valence-corrected chi connectivity index (χ1v) is 8.84. The third kappa shape index (κ3) is 4.09. The molecular formula is C16H17FN4O2S. The van der Waals surface area contributed by atoms with E-state index in [1.165, 1.54) is 12.1 Å². The molecule has 0 aliphatic carbocycles. The van der Waals surface area contributed by atoms with Crippen LogP contribution in [-0.4, -0.2) is 32.6 Å². The van der Waals surface area contributed by atoms with Crippen molar-refractivity contribution in [3.63, 3.8) is 0 Å². The van der Waals surface area contributed by atoms with Gasteiger partial charge >= 0.3 is 0 Å². The Bertz CT molecular complexity index is 823. The standard InChI is InChI=1S/C16H17FN4O2S/c17-14-6-8-15(9-7-14)24(22,23)20-16-18-11-21(12-19-16)10-13-4-2-1-3-5-13/h1-9H,10-12H2,(H2,18,19,20). The lowest BCUT2D eigenvalue weighted by Gasteiger charge is -2.27. The Morgan fingerprint density at radius 2 is 1.83 bits per heavy atom. The Morgan fingerprint density at radius 3 is 2.46 bits per heavy atom. The van der Waals surface area contributed by atoms with Crippen molar-refractivity contribution in [2.75, 3.05) is 13.3 Å². The summed E-state index contributed by atoms with van der Waals surface area (Å²) in [5.74, 6) is -0.303. The van der Waals surface area contributed by atoms with Crippen LogP contribution in [0.25, 0.3) is 0 Å². The van der Waals surface area contributed by atoms with Gasteiger partial charge in [-0.2, -0.15) is 0 Å². The molecule has 0 aromatic heterocycles. The molecule has 0 atom stereocenters. The Hall–Kier alpha value is -2.45. The maximum atomic E-state index is 12.9. The van der Waals surface area contributed by atoms with Crippen molar-refractivity contribution in [1.82, 2.24) is 14.9 Å². The molecule has 6 nitrogen and oxygen atoms in total. The molecule has 0 radical (unpaired) electrons. The molecule has 0 saturated heterocycles. The summed E-state index contributed by atoms with van der Waals surface area (Å²) in [6.07, 6.45) is 0. The van der Waals surface area contributed by atoms with Crippen molar-refractivity contribution in [2.45, 2.75) is 11.4 Å². The van der Waals surface area contributed by atoms with Crippen LogP contribution >= 0.6 is 0 Å². The average molecular weight is 348 g/mol. The first-order chi connectivity index (χ1) is 11.5. The number of nitrogens with one attached hydrogen (secondary N) is 2. The van der Waals surface area contributed by atoms with E-state index in [0.717, 1.165) is 24.2 Å². The van der Waals surface area contributed by atoms with Crippen LogP contribution < -0.4 is 10.0 Å². The molecule has 2 aromatic rings. The molecule has 1 heterocycles. The van der Waals surface area contributed by atoms with Gasteiger partial charge in [-0.05, 0) is 29.8 Å². The maximum Gasteiger partial charge on any atom is 0.264 e. The second-order valence-corrected chi connectivity index (χ2v) is 7.04. The molecule has 1 aliphatic rings. The second-order valence-electron chi connectivity index (χ2n) is 5.36. The summed E-state index contributed by atoms with van der Waals surface area (Å²) in [5, 5.41) is 2.94. The first-order valence-electron chi connectivity index (χ1n) is 7.36. The van der Waals surface area contributed by atoms with Crippen LogP contribution in [0.15, 0.2) is 64.5 Å². The Kier molecular flexibility index (Phi) is 4.77. The van der Waals surface area contributed by atoms with E-state index in [4.69, 9.17) is 0 Å². The van der Waals surface area contributed by atoms with E-state index in [2.05, 4.69) is 15.0 Å². The highest BCUT2D eigenvalue weighted by Crippen LogP contribution is 2.10. The van der Waals surface area contributed by atoms with Gasteiger partial charge in [0.25, 0.3) is 10.0 Å². The van der Waals surface area contributed by atoms with E-state index in [1.807, 2.05) is 35.2 Å². The molecule has 0 amide bonds. The number of aliphatic imine (C=N–C) groups is 1. The zero-order chi connectivity index (χ0) is 17.0. The molecule has 0 spiro atoms. The van der Waals surface area contributed by atoms with Gasteiger partial charge in [0.2, 0.25) is 5.96 Å². The van der Waals surface area contributed by atoms with Crippen LogP contribution in [0, 0.1) is 5.82 Å². The summed E-state index contributed by atoms with van der Waals surface area (Å²) < 4.78 is 39.7. The van der Waals surface area contributed by atoms with Gasteiger partial charge in [-0.1, -0.05) is 30.3 Å². The highest BCUT2D eigenvalue weighted by atomic mass is 32.2. The summed E-state index contributed by atoms with van der Waals surface area (Å²) in [4.78, 5) is 6.22. The fourth-order valence-electron chi connectivity index (χ4n) is 2.28. The number of benzene rings is 2. The maximum absolute atomic E-state index is 12.9. The lowest BCUT2D eigenvalue weighted by molar-refractivity contribution is 0.255. The van der Waals surface area contributed by atoms with Crippen molar-refractivity contribution in [3.8, 4) is 0 Å². The van der Waals surface area contributed by atoms with Crippen LogP contribution in [-0.2, 0) is 16.6 Å². The number of halogens is 1. The van der Waals surface area contributed by atoms with Gasteiger partial charge in [0.05, 0.1) is 18.2 Å². The summed E-state index contributed by atoms with van der Waals surface area (Å²) in [7, 11) is -3.78. The largest absolute Gasteiger partial charge is 0.343 e. The number of hydrogen-bond acceptors (Lipinski definition) is 5. The zero-order valence-corrected chi connectivity index (χ0v) is 13.6. The Labute approximate surface area is 140 Å². The molecule has 8 heteroatoms. The van der Waals surface area contributed by atoms with Gasteiger partial charge in [-0.25, -0.2) is 22.5 Å². The summed E-state index contributed by atoms with van der Waals surface area (Å²) in [5.41, 5.74) is 1.16. The van der Waals surface area contributed by atoms with E-state index in [-0.39, 0.29) is 10.9 Å². The van der Waals surface area contributed by atoms with E-state index < -0.39 is 15.8 Å². The minimum atomic E-state index is -3.78. The molecule has 0 saturated carbocycles.